The van der Waals surface area contributed by atoms with E-state index in [0.29, 0.717) is 38.6 Å². The van der Waals surface area contributed by atoms with Gasteiger partial charge in [-0.05, 0) is 31.1 Å². The average Bonchev–Trinajstić information content (AvgIpc) is 2.79. The fourth-order valence-corrected chi connectivity index (χ4v) is 6.16. The number of hydrogen-bond donors (Lipinski definition) is 0. The zero-order valence-electron chi connectivity index (χ0n) is 19.4. The Morgan fingerprint density at radius 2 is 1.91 bits per heavy atom. The second kappa shape index (κ2) is 10.0. The maximum absolute atomic E-state index is 13.7. The standard InChI is InChI=1S/C22H34F3N5O2S/c1-28(14-17-15-30(33(2)31)11-12-32-17)18-13-19(27-20(26-18)22(23,24)25)29-10-6-9-21(16-29)7-4-3-5-8-21/h13,17H,3-12,14-16H2,1-2H3/t17-,33?/m1/s1. The van der Waals surface area contributed by atoms with Crippen LogP contribution in [0.4, 0.5) is 24.8 Å². The van der Waals surface area contributed by atoms with Gasteiger partial charge in [-0.25, -0.2) is 18.5 Å². The molecule has 2 saturated heterocycles. The number of ether oxygens (including phenoxy) is 1. The van der Waals surface area contributed by atoms with E-state index in [9.17, 15) is 17.4 Å². The molecule has 33 heavy (non-hydrogen) atoms. The number of nitrogens with zero attached hydrogens (tertiary/aromatic N) is 5. The molecule has 1 aromatic rings. The smallest absolute Gasteiger partial charge is 0.374 e. The predicted octanol–water partition coefficient (Wildman–Crippen LogP) is 3.48. The molecule has 0 amide bonds. The molecule has 0 radical (unpaired) electrons. The Morgan fingerprint density at radius 3 is 2.61 bits per heavy atom. The van der Waals surface area contributed by atoms with E-state index in [1.807, 2.05) is 9.21 Å². The summed E-state index contributed by atoms with van der Waals surface area (Å²) in [5, 5.41) is 0. The van der Waals surface area contributed by atoms with E-state index >= 15 is 0 Å². The van der Waals surface area contributed by atoms with E-state index in [-0.39, 0.29) is 17.3 Å². The number of hydrogen-bond acceptors (Lipinski definition) is 6. The summed E-state index contributed by atoms with van der Waals surface area (Å²) in [5.74, 6) is -0.524. The van der Waals surface area contributed by atoms with Crippen molar-refractivity contribution < 1.29 is 22.1 Å². The SMILES string of the molecule is CN(C[C@@H]1CN(S(C)=O)CCO1)c1cc(N2CCCC3(CCCCC3)C2)nc(C(F)(F)F)n1. The van der Waals surface area contributed by atoms with Crippen LogP contribution in [-0.4, -0.2) is 77.2 Å². The van der Waals surface area contributed by atoms with E-state index in [1.54, 1.807) is 24.3 Å². The van der Waals surface area contributed by atoms with Gasteiger partial charge in [0.2, 0.25) is 5.82 Å². The molecule has 4 rings (SSSR count). The van der Waals surface area contributed by atoms with Crippen LogP contribution in [0.1, 0.15) is 50.8 Å². The zero-order chi connectivity index (χ0) is 23.6. The van der Waals surface area contributed by atoms with E-state index in [0.717, 1.165) is 32.2 Å². The first kappa shape index (κ1) is 24.7. The molecule has 1 saturated carbocycles. The molecule has 2 aliphatic heterocycles. The van der Waals surface area contributed by atoms with Crippen LogP contribution in [0.15, 0.2) is 6.07 Å². The van der Waals surface area contributed by atoms with E-state index in [4.69, 9.17) is 4.74 Å². The fourth-order valence-electron chi connectivity index (χ4n) is 5.45. The number of halogens is 3. The van der Waals surface area contributed by atoms with Crippen molar-refractivity contribution in [2.45, 2.75) is 57.2 Å². The molecule has 0 aromatic carbocycles. The lowest BCUT2D eigenvalue weighted by atomic mass is 9.69. The number of alkyl halides is 3. The van der Waals surface area contributed by atoms with Gasteiger partial charge in [-0.1, -0.05) is 19.3 Å². The molecule has 1 aromatic heterocycles. The Kier molecular flexibility index (Phi) is 7.50. The molecule has 186 valence electrons. The first-order valence-corrected chi connectivity index (χ1v) is 13.3. The van der Waals surface area contributed by atoms with Crippen molar-refractivity contribution in [3.8, 4) is 0 Å². The lowest BCUT2D eigenvalue weighted by molar-refractivity contribution is -0.144. The Bertz CT molecular complexity index is 844. The molecule has 1 aliphatic carbocycles. The minimum absolute atomic E-state index is 0.196. The van der Waals surface area contributed by atoms with Crippen molar-refractivity contribution in [2.75, 3.05) is 62.4 Å². The number of rotatable bonds is 5. The largest absolute Gasteiger partial charge is 0.451 e. The van der Waals surface area contributed by atoms with Gasteiger partial charge in [0, 0.05) is 52.1 Å². The minimum Gasteiger partial charge on any atom is -0.374 e. The molecule has 0 N–H and O–H groups in total. The predicted molar refractivity (Wildman–Crippen MR) is 123 cm³/mol. The average molecular weight is 490 g/mol. The highest BCUT2D eigenvalue weighted by Gasteiger charge is 2.39. The summed E-state index contributed by atoms with van der Waals surface area (Å²) in [7, 11) is 0.612. The minimum atomic E-state index is -4.62. The van der Waals surface area contributed by atoms with Crippen LogP contribution < -0.4 is 9.80 Å². The van der Waals surface area contributed by atoms with E-state index < -0.39 is 23.0 Å². The summed E-state index contributed by atoms with van der Waals surface area (Å²) in [6.07, 6.45) is 4.76. The Balaban J connectivity index is 1.55. The maximum Gasteiger partial charge on any atom is 0.451 e. The quantitative estimate of drug-likeness (QED) is 0.631. The van der Waals surface area contributed by atoms with Crippen molar-refractivity contribution in [3.63, 3.8) is 0 Å². The molecule has 7 nitrogen and oxygen atoms in total. The van der Waals surface area contributed by atoms with Gasteiger partial charge in [-0.2, -0.15) is 13.2 Å². The molecular formula is C22H34F3N5O2S. The van der Waals surface area contributed by atoms with E-state index in [1.165, 1.54) is 19.3 Å². The van der Waals surface area contributed by atoms with Crippen molar-refractivity contribution in [1.29, 1.82) is 0 Å². The molecule has 1 unspecified atom stereocenters. The molecule has 11 heteroatoms. The lowest BCUT2D eigenvalue weighted by Crippen LogP contribution is -2.47. The van der Waals surface area contributed by atoms with Gasteiger partial charge < -0.3 is 14.5 Å². The summed E-state index contributed by atoms with van der Waals surface area (Å²) in [5.41, 5.74) is 0.196. The highest BCUT2D eigenvalue weighted by atomic mass is 32.2. The molecule has 3 aliphatic rings. The summed E-state index contributed by atoms with van der Waals surface area (Å²) in [4.78, 5) is 11.5. The Hall–Kier alpha value is -1.46. The normalized spacial score (nSPS) is 25.2. The van der Waals surface area contributed by atoms with Gasteiger partial charge in [-0.15, -0.1) is 0 Å². The van der Waals surface area contributed by atoms with Crippen LogP contribution in [0, 0.1) is 5.41 Å². The van der Waals surface area contributed by atoms with Gasteiger partial charge >= 0.3 is 6.18 Å². The van der Waals surface area contributed by atoms with Crippen molar-refractivity contribution >= 4 is 22.6 Å². The van der Waals surface area contributed by atoms with Gasteiger partial charge in [0.05, 0.1) is 23.7 Å². The molecule has 1 spiro atoms. The molecule has 0 bridgehead atoms. The zero-order valence-corrected chi connectivity index (χ0v) is 20.3. The monoisotopic (exact) mass is 489 g/mol. The lowest BCUT2D eigenvalue weighted by Gasteiger charge is -2.46. The van der Waals surface area contributed by atoms with E-state index in [2.05, 4.69) is 9.97 Å². The van der Waals surface area contributed by atoms with Gasteiger partial charge in [0.25, 0.3) is 0 Å². The fraction of sp³-hybridized carbons (Fsp3) is 0.818. The Labute approximate surface area is 196 Å². The van der Waals surface area contributed by atoms with Crippen molar-refractivity contribution in [1.82, 2.24) is 14.3 Å². The van der Waals surface area contributed by atoms with Crippen LogP contribution in [0.3, 0.4) is 0 Å². The first-order valence-electron chi connectivity index (χ1n) is 11.8. The first-order chi connectivity index (χ1) is 15.7. The summed E-state index contributed by atoms with van der Waals surface area (Å²) in [6, 6.07) is 1.68. The van der Waals surface area contributed by atoms with Gasteiger partial charge in [0.15, 0.2) is 0 Å². The highest BCUT2D eigenvalue weighted by molar-refractivity contribution is 7.81. The van der Waals surface area contributed by atoms with Crippen LogP contribution in [0.2, 0.25) is 0 Å². The molecular weight excluding hydrogens is 455 g/mol. The molecule has 3 fully saturated rings. The van der Waals surface area contributed by atoms with Crippen LogP contribution in [0.25, 0.3) is 0 Å². The number of anilines is 2. The van der Waals surface area contributed by atoms with Crippen LogP contribution >= 0.6 is 0 Å². The van der Waals surface area contributed by atoms with Gasteiger partial charge in [-0.3, -0.25) is 0 Å². The summed E-state index contributed by atoms with van der Waals surface area (Å²) < 4.78 is 60.5. The number of piperidine rings is 1. The number of morpholine rings is 1. The summed E-state index contributed by atoms with van der Waals surface area (Å²) >= 11 is 0. The number of likely N-dealkylation sites (N-methyl/N-ethyl adjacent to an activating group) is 1. The highest BCUT2D eigenvalue weighted by Crippen LogP contribution is 2.44. The van der Waals surface area contributed by atoms with Crippen molar-refractivity contribution in [3.05, 3.63) is 11.9 Å². The Morgan fingerprint density at radius 1 is 1.18 bits per heavy atom. The van der Waals surface area contributed by atoms with Crippen molar-refractivity contribution in [2.24, 2.45) is 5.41 Å². The van der Waals surface area contributed by atoms with Gasteiger partial charge in [0.1, 0.15) is 11.6 Å². The van der Waals surface area contributed by atoms with Crippen LogP contribution in [0.5, 0.6) is 0 Å². The summed E-state index contributed by atoms with van der Waals surface area (Å²) in [6.45, 7) is 3.31. The second-order valence-corrected chi connectivity index (χ2v) is 11.0. The third-order valence-corrected chi connectivity index (χ3v) is 8.24. The molecule has 2 atom stereocenters. The third kappa shape index (κ3) is 5.97. The number of aromatic nitrogens is 2. The van der Waals surface area contributed by atoms with Crippen LogP contribution in [-0.2, 0) is 21.9 Å². The topological polar surface area (TPSA) is 61.8 Å². The second-order valence-electron chi connectivity index (χ2n) is 9.68. The maximum atomic E-state index is 13.7. The molecule has 3 heterocycles. The third-order valence-electron chi connectivity index (χ3n) is 7.19.